The van der Waals surface area contributed by atoms with Crippen molar-refractivity contribution in [3.63, 3.8) is 0 Å². The van der Waals surface area contributed by atoms with E-state index in [2.05, 4.69) is 42.2 Å². The van der Waals surface area contributed by atoms with E-state index < -0.39 is 0 Å². The zero-order valence-electron chi connectivity index (χ0n) is 8.01. The molecule has 0 bridgehead atoms. The maximum Gasteiger partial charge on any atom is 0.0359 e. The summed E-state index contributed by atoms with van der Waals surface area (Å²) in [5.41, 5.74) is 1.35. The van der Waals surface area contributed by atoms with Gasteiger partial charge in [0.2, 0.25) is 0 Å². The van der Waals surface area contributed by atoms with Crippen LogP contribution in [0.15, 0.2) is 18.3 Å². The molecule has 0 saturated heterocycles. The first kappa shape index (κ1) is 9.33. The van der Waals surface area contributed by atoms with Crippen molar-refractivity contribution in [3.8, 4) is 0 Å². The normalized spacial score (nSPS) is 10.5. The van der Waals surface area contributed by atoms with E-state index >= 15 is 0 Å². The standard InChI is InChI=1S/C10H18N2/c1-3-4-7-11-9-10-6-5-8-12(10)2/h5-6,8,11H,3-4,7,9H2,1-2H3. The van der Waals surface area contributed by atoms with Crippen molar-refractivity contribution in [3.05, 3.63) is 24.0 Å². The van der Waals surface area contributed by atoms with Crippen LogP contribution in [0, 0.1) is 0 Å². The van der Waals surface area contributed by atoms with Gasteiger partial charge in [-0.15, -0.1) is 0 Å². The quantitative estimate of drug-likeness (QED) is 0.661. The molecule has 68 valence electrons. The second-order valence-electron chi connectivity index (χ2n) is 3.14. The summed E-state index contributed by atoms with van der Waals surface area (Å²) < 4.78 is 2.15. The first-order valence-electron chi connectivity index (χ1n) is 4.65. The molecular formula is C10H18N2. The minimum absolute atomic E-state index is 0.990. The van der Waals surface area contributed by atoms with Gasteiger partial charge in [0.25, 0.3) is 0 Å². The molecule has 1 rings (SSSR count). The average Bonchev–Trinajstić information content (AvgIpc) is 2.46. The molecule has 1 aromatic rings. The van der Waals surface area contributed by atoms with Crippen LogP contribution in [-0.4, -0.2) is 11.1 Å². The third-order valence-electron chi connectivity index (χ3n) is 2.06. The SMILES string of the molecule is CCCCNCc1cccn1C. The van der Waals surface area contributed by atoms with Crippen LogP contribution < -0.4 is 5.32 Å². The predicted octanol–water partition coefficient (Wildman–Crippen LogP) is 1.91. The van der Waals surface area contributed by atoms with Gasteiger partial charge in [-0.25, -0.2) is 0 Å². The van der Waals surface area contributed by atoms with Crippen LogP contribution in [0.25, 0.3) is 0 Å². The fourth-order valence-corrected chi connectivity index (χ4v) is 1.20. The minimum Gasteiger partial charge on any atom is -0.353 e. The van der Waals surface area contributed by atoms with Gasteiger partial charge in [-0.05, 0) is 25.1 Å². The fourth-order valence-electron chi connectivity index (χ4n) is 1.20. The van der Waals surface area contributed by atoms with E-state index in [1.165, 1.54) is 18.5 Å². The monoisotopic (exact) mass is 166 g/mol. The van der Waals surface area contributed by atoms with Gasteiger partial charge in [0.05, 0.1) is 0 Å². The topological polar surface area (TPSA) is 17.0 Å². The molecule has 2 heteroatoms. The van der Waals surface area contributed by atoms with Crippen molar-refractivity contribution < 1.29 is 0 Å². The van der Waals surface area contributed by atoms with E-state index in [0.717, 1.165) is 13.1 Å². The number of rotatable bonds is 5. The average molecular weight is 166 g/mol. The molecule has 0 radical (unpaired) electrons. The second-order valence-corrected chi connectivity index (χ2v) is 3.14. The summed E-state index contributed by atoms with van der Waals surface area (Å²) in [7, 11) is 2.08. The molecule has 0 aliphatic heterocycles. The lowest BCUT2D eigenvalue weighted by molar-refractivity contribution is 0.619. The van der Waals surface area contributed by atoms with Crippen LogP contribution in [0.2, 0.25) is 0 Å². The highest BCUT2D eigenvalue weighted by atomic mass is 15.0. The van der Waals surface area contributed by atoms with Gasteiger partial charge in [0.15, 0.2) is 0 Å². The zero-order chi connectivity index (χ0) is 8.81. The molecule has 0 aromatic carbocycles. The van der Waals surface area contributed by atoms with Gasteiger partial charge >= 0.3 is 0 Å². The van der Waals surface area contributed by atoms with E-state index in [1.54, 1.807) is 0 Å². The Labute approximate surface area is 74.6 Å². The number of aromatic nitrogens is 1. The van der Waals surface area contributed by atoms with Crippen molar-refractivity contribution in [2.24, 2.45) is 7.05 Å². The summed E-state index contributed by atoms with van der Waals surface area (Å²) in [6.45, 7) is 4.33. The molecule has 12 heavy (non-hydrogen) atoms. The maximum atomic E-state index is 3.41. The molecule has 0 aliphatic rings. The van der Waals surface area contributed by atoms with Gasteiger partial charge in [-0.3, -0.25) is 0 Å². The van der Waals surface area contributed by atoms with E-state index in [1.807, 2.05) is 0 Å². The van der Waals surface area contributed by atoms with Gasteiger partial charge < -0.3 is 9.88 Å². The fraction of sp³-hybridized carbons (Fsp3) is 0.600. The summed E-state index contributed by atoms with van der Waals surface area (Å²) in [6.07, 6.45) is 4.61. The van der Waals surface area contributed by atoms with Gasteiger partial charge in [0, 0.05) is 25.5 Å². The Balaban J connectivity index is 2.20. The molecule has 0 atom stereocenters. The molecule has 0 aliphatic carbocycles. The molecule has 1 aromatic heterocycles. The van der Waals surface area contributed by atoms with Gasteiger partial charge in [-0.1, -0.05) is 13.3 Å². The van der Waals surface area contributed by atoms with Crippen LogP contribution >= 0.6 is 0 Å². The van der Waals surface area contributed by atoms with Crippen molar-refractivity contribution in [1.29, 1.82) is 0 Å². The predicted molar refractivity (Wildman–Crippen MR) is 52.0 cm³/mol. The number of hydrogen-bond donors (Lipinski definition) is 1. The van der Waals surface area contributed by atoms with E-state index in [0.29, 0.717) is 0 Å². The maximum absolute atomic E-state index is 3.41. The largest absolute Gasteiger partial charge is 0.353 e. The molecule has 0 amide bonds. The molecule has 0 unspecified atom stereocenters. The lowest BCUT2D eigenvalue weighted by Gasteiger charge is -2.04. The Morgan fingerprint density at radius 2 is 2.33 bits per heavy atom. The highest BCUT2D eigenvalue weighted by molar-refractivity contribution is 5.05. The minimum atomic E-state index is 0.990. The zero-order valence-corrected chi connectivity index (χ0v) is 8.01. The lowest BCUT2D eigenvalue weighted by atomic mass is 10.3. The molecule has 0 spiro atoms. The van der Waals surface area contributed by atoms with Crippen molar-refractivity contribution in [2.75, 3.05) is 6.54 Å². The Bertz CT molecular complexity index is 215. The van der Waals surface area contributed by atoms with Crippen molar-refractivity contribution in [2.45, 2.75) is 26.3 Å². The Kier molecular flexibility index (Phi) is 3.88. The lowest BCUT2D eigenvalue weighted by Crippen LogP contribution is -2.16. The van der Waals surface area contributed by atoms with E-state index in [9.17, 15) is 0 Å². The van der Waals surface area contributed by atoms with E-state index in [4.69, 9.17) is 0 Å². The summed E-state index contributed by atoms with van der Waals surface area (Å²) in [5, 5.41) is 3.41. The molecule has 1 N–H and O–H groups in total. The van der Waals surface area contributed by atoms with Crippen LogP contribution in [0.5, 0.6) is 0 Å². The van der Waals surface area contributed by atoms with Crippen LogP contribution in [-0.2, 0) is 13.6 Å². The molecule has 0 saturated carbocycles. The van der Waals surface area contributed by atoms with Gasteiger partial charge in [0.1, 0.15) is 0 Å². The summed E-state index contributed by atoms with van der Waals surface area (Å²) in [4.78, 5) is 0. The third kappa shape index (κ3) is 2.70. The Hall–Kier alpha value is -0.760. The summed E-state index contributed by atoms with van der Waals surface area (Å²) >= 11 is 0. The summed E-state index contributed by atoms with van der Waals surface area (Å²) in [5.74, 6) is 0. The van der Waals surface area contributed by atoms with Crippen LogP contribution in [0.3, 0.4) is 0 Å². The summed E-state index contributed by atoms with van der Waals surface area (Å²) in [6, 6.07) is 4.23. The Morgan fingerprint density at radius 3 is 2.92 bits per heavy atom. The number of unbranched alkanes of at least 4 members (excludes halogenated alkanes) is 1. The smallest absolute Gasteiger partial charge is 0.0359 e. The number of nitrogens with one attached hydrogen (secondary N) is 1. The molecular weight excluding hydrogens is 148 g/mol. The first-order chi connectivity index (χ1) is 5.84. The van der Waals surface area contributed by atoms with Crippen LogP contribution in [0.1, 0.15) is 25.5 Å². The van der Waals surface area contributed by atoms with Crippen LogP contribution in [0.4, 0.5) is 0 Å². The number of hydrogen-bond acceptors (Lipinski definition) is 1. The molecule has 1 heterocycles. The first-order valence-corrected chi connectivity index (χ1v) is 4.65. The molecule has 2 nitrogen and oxygen atoms in total. The second kappa shape index (κ2) is 4.99. The number of aryl methyl sites for hydroxylation is 1. The van der Waals surface area contributed by atoms with Crippen molar-refractivity contribution in [1.82, 2.24) is 9.88 Å². The Morgan fingerprint density at radius 1 is 1.50 bits per heavy atom. The van der Waals surface area contributed by atoms with Crippen molar-refractivity contribution >= 4 is 0 Å². The highest BCUT2D eigenvalue weighted by Gasteiger charge is 1.94. The third-order valence-corrected chi connectivity index (χ3v) is 2.06. The number of nitrogens with zero attached hydrogens (tertiary/aromatic N) is 1. The highest BCUT2D eigenvalue weighted by Crippen LogP contribution is 1.98. The van der Waals surface area contributed by atoms with E-state index in [-0.39, 0.29) is 0 Å². The molecule has 0 fully saturated rings. The van der Waals surface area contributed by atoms with Gasteiger partial charge in [-0.2, -0.15) is 0 Å².